The topological polar surface area (TPSA) is 51.2 Å². The third-order valence-electron chi connectivity index (χ3n) is 1.10. The summed E-state index contributed by atoms with van der Waals surface area (Å²) in [5.74, 6) is -0.426. The molecule has 13 heavy (non-hydrogen) atoms. The number of rotatable bonds is 2. The molecule has 0 aliphatic heterocycles. The van der Waals surface area contributed by atoms with E-state index in [1.54, 1.807) is 12.1 Å². The molecule has 0 aliphatic rings. The minimum Gasteiger partial charge on any atom is -0.298 e. The molecule has 0 amide bonds. The van der Waals surface area contributed by atoms with Crippen LogP contribution >= 0.6 is 0 Å². The summed E-state index contributed by atoms with van der Waals surface area (Å²) < 4.78 is 0. The van der Waals surface area contributed by atoms with E-state index in [9.17, 15) is 9.59 Å². The molecule has 0 fully saturated rings. The highest BCUT2D eigenvalue weighted by Gasteiger charge is 1.80. The molecule has 0 N–H and O–H groups in total. The largest absolute Gasteiger partial charge is 0.298 e. The van der Waals surface area contributed by atoms with E-state index in [1.807, 2.05) is 18.2 Å². The SMILES string of the molecule is CC(=O)C=O.O=Cc1ccccc1. The van der Waals surface area contributed by atoms with Crippen LogP contribution in [0.15, 0.2) is 30.3 Å². The van der Waals surface area contributed by atoms with Gasteiger partial charge in [0.2, 0.25) is 0 Å². The molecule has 0 spiro atoms. The summed E-state index contributed by atoms with van der Waals surface area (Å²) in [5.41, 5.74) is 0.729. The summed E-state index contributed by atoms with van der Waals surface area (Å²) >= 11 is 0. The predicted molar refractivity (Wildman–Crippen MR) is 48.6 cm³/mol. The van der Waals surface area contributed by atoms with Gasteiger partial charge in [0.15, 0.2) is 12.1 Å². The molecule has 1 aromatic rings. The van der Waals surface area contributed by atoms with E-state index in [1.165, 1.54) is 6.92 Å². The zero-order valence-corrected chi connectivity index (χ0v) is 7.27. The van der Waals surface area contributed by atoms with Crippen molar-refractivity contribution in [3.63, 3.8) is 0 Å². The van der Waals surface area contributed by atoms with Crippen molar-refractivity contribution in [3.8, 4) is 0 Å². The van der Waals surface area contributed by atoms with Crippen molar-refractivity contribution < 1.29 is 14.4 Å². The maximum Gasteiger partial charge on any atom is 0.192 e. The fourth-order valence-corrected chi connectivity index (χ4v) is 0.532. The molecule has 0 saturated heterocycles. The normalized spacial score (nSPS) is 7.77. The van der Waals surface area contributed by atoms with Gasteiger partial charge in [-0.1, -0.05) is 30.3 Å². The second-order valence-electron chi connectivity index (χ2n) is 2.26. The van der Waals surface area contributed by atoms with E-state index in [4.69, 9.17) is 4.79 Å². The van der Waals surface area contributed by atoms with Crippen molar-refractivity contribution in [2.75, 3.05) is 0 Å². The first-order valence-corrected chi connectivity index (χ1v) is 3.66. The quantitative estimate of drug-likeness (QED) is 0.506. The highest BCUT2D eigenvalue weighted by atomic mass is 16.2. The van der Waals surface area contributed by atoms with Gasteiger partial charge in [-0.25, -0.2) is 0 Å². The third-order valence-corrected chi connectivity index (χ3v) is 1.10. The van der Waals surface area contributed by atoms with Crippen LogP contribution < -0.4 is 0 Å². The monoisotopic (exact) mass is 178 g/mol. The number of ketones is 1. The van der Waals surface area contributed by atoms with Crippen molar-refractivity contribution in [1.82, 2.24) is 0 Å². The van der Waals surface area contributed by atoms with E-state index >= 15 is 0 Å². The Morgan fingerprint density at radius 1 is 1.15 bits per heavy atom. The number of aldehydes is 2. The number of hydrogen-bond donors (Lipinski definition) is 0. The zero-order valence-electron chi connectivity index (χ0n) is 7.27. The van der Waals surface area contributed by atoms with Gasteiger partial charge in [-0.2, -0.15) is 0 Å². The Bertz CT molecular complexity index is 277. The van der Waals surface area contributed by atoms with Crippen LogP contribution in [0.5, 0.6) is 0 Å². The molecule has 3 nitrogen and oxygen atoms in total. The minimum atomic E-state index is -0.426. The zero-order chi connectivity index (χ0) is 10.1. The van der Waals surface area contributed by atoms with Crippen molar-refractivity contribution >= 4 is 18.4 Å². The van der Waals surface area contributed by atoms with E-state index < -0.39 is 5.78 Å². The predicted octanol–water partition coefficient (Wildman–Crippen LogP) is 1.27. The van der Waals surface area contributed by atoms with E-state index in [-0.39, 0.29) is 6.29 Å². The molecule has 0 aliphatic carbocycles. The van der Waals surface area contributed by atoms with Gasteiger partial charge in [0.1, 0.15) is 6.29 Å². The van der Waals surface area contributed by atoms with Gasteiger partial charge in [-0.05, 0) is 0 Å². The van der Waals surface area contributed by atoms with Crippen LogP contribution in [0.4, 0.5) is 0 Å². The van der Waals surface area contributed by atoms with E-state index in [2.05, 4.69) is 0 Å². The molecule has 0 unspecified atom stereocenters. The molecule has 0 aromatic heterocycles. The third kappa shape index (κ3) is 6.62. The standard InChI is InChI=1S/C7H6O.C3H4O2/c8-6-7-4-2-1-3-5-7;1-3(5)2-4/h1-6H;2H,1H3. The number of carbonyl (C=O) groups excluding carboxylic acids is 3. The average molecular weight is 178 g/mol. The summed E-state index contributed by atoms with van der Waals surface area (Å²) in [6, 6.07) is 9.10. The average Bonchev–Trinajstić information content (AvgIpc) is 2.20. The molecular weight excluding hydrogens is 168 g/mol. The Morgan fingerprint density at radius 3 is 1.85 bits per heavy atom. The molecule has 1 rings (SSSR count). The van der Waals surface area contributed by atoms with Crippen molar-refractivity contribution in [2.45, 2.75) is 6.92 Å². The Hall–Kier alpha value is -1.77. The molecular formula is C10H10O3. The fraction of sp³-hybridized carbons (Fsp3) is 0.100. The number of carbonyl (C=O) groups is 3. The van der Waals surface area contributed by atoms with Gasteiger partial charge in [-0.15, -0.1) is 0 Å². The van der Waals surface area contributed by atoms with Crippen molar-refractivity contribution in [1.29, 1.82) is 0 Å². The van der Waals surface area contributed by atoms with Gasteiger partial charge in [-0.3, -0.25) is 14.4 Å². The first kappa shape index (κ1) is 11.2. The van der Waals surface area contributed by atoms with Gasteiger partial charge >= 0.3 is 0 Å². The lowest BCUT2D eigenvalue weighted by Crippen LogP contribution is -1.85. The molecule has 1 aromatic carbocycles. The summed E-state index contributed by atoms with van der Waals surface area (Å²) in [6.07, 6.45) is 1.11. The van der Waals surface area contributed by atoms with Crippen LogP contribution in [0.2, 0.25) is 0 Å². The maximum atomic E-state index is 10.0. The first-order valence-electron chi connectivity index (χ1n) is 3.66. The maximum absolute atomic E-state index is 10.0. The van der Waals surface area contributed by atoms with Crippen molar-refractivity contribution in [2.24, 2.45) is 0 Å². The summed E-state index contributed by atoms with van der Waals surface area (Å²) in [7, 11) is 0. The lowest BCUT2D eigenvalue weighted by Gasteiger charge is -1.81. The fourth-order valence-electron chi connectivity index (χ4n) is 0.532. The Balaban J connectivity index is 0.000000252. The van der Waals surface area contributed by atoms with E-state index in [0.29, 0.717) is 0 Å². The van der Waals surface area contributed by atoms with Crippen LogP contribution in [-0.4, -0.2) is 18.4 Å². The van der Waals surface area contributed by atoms with E-state index in [0.717, 1.165) is 11.8 Å². The van der Waals surface area contributed by atoms with Crippen LogP contribution in [0.1, 0.15) is 17.3 Å². The highest BCUT2D eigenvalue weighted by Crippen LogP contribution is 1.91. The van der Waals surface area contributed by atoms with Gasteiger partial charge in [0.25, 0.3) is 0 Å². The van der Waals surface area contributed by atoms with Crippen molar-refractivity contribution in [3.05, 3.63) is 35.9 Å². The Kier molecular flexibility index (Phi) is 5.97. The van der Waals surface area contributed by atoms with Crippen LogP contribution in [0.25, 0.3) is 0 Å². The number of Topliss-reactive ketones (excluding diaryl/α,β-unsaturated/α-hetero) is 1. The van der Waals surface area contributed by atoms with Crippen LogP contribution in [0, 0.1) is 0 Å². The second kappa shape index (κ2) is 6.91. The summed E-state index contributed by atoms with van der Waals surface area (Å²) in [5, 5.41) is 0. The smallest absolute Gasteiger partial charge is 0.192 e. The second-order valence-corrected chi connectivity index (χ2v) is 2.26. The molecule has 0 bridgehead atoms. The van der Waals surface area contributed by atoms with Gasteiger partial charge < -0.3 is 0 Å². The summed E-state index contributed by atoms with van der Waals surface area (Å²) in [6.45, 7) is 1.22. The number of benzene rings is 1. The molecule has 0 atom stereocenters. The van der Waals surface area contributed by atoms with Crippen LogP contribution in [0.3, 0.4) is 0 Å². The first-order chi connectivity index (χ1) is 6.20. The van der Waals surface area contributed by atoms with Gasteiger partial charge in [0.05, 0.1) is 0 Å². The highest BCUT2D eigenvalue weighted by molar-refractivity contribution is 6.23. The molecule has 0 heterocycles. The molecule has 68 valence electrons. The van der Waals surface area contributed by atoms with Gasteiger partial charge in [0, 0.05) is 12.5 Å². The molecule has 0 saturated carbocycles. The van der Waals surface area contributed by atoms with Crippen LogP contribution in [-0.2, 0) is 9.59 Å². The molecule has 0 radical (unpaired) electrons. The lowest BCUT2D eigenvalue weighted by molar-refractivity contribution is -0.128. The molecule has 3 heteroatoms. The number of hydrogen-bond acceptors (Lipinski definition) is 3. The Morgan fingerprint density at radius 2 is 1.62 bits per heavy atom. The minimum absolute atomic E-state index is 0.278. The lowest BCUT2D eigenvalue weighted by atomic mass is 10.2. The Labute approximate surface area is 76.4 Å². The summed E-state index contributed by atoms with van der Waals surface area (Å²) in [4.78, 5) is 28.6.